The average Bonchev–Trinajstić information content (AvgIpc) is 1.61. The maximum absolute atomic E-state index is 4.96. The molecule has 0 bridgehead atoms. The maximum Gasteiger partial charge on any atom is 0.00973 e. The Morgan fingerprint density at radius 1 is 1.57 bits per heavy atom. The molecule has 0 heterocycles. The van der Waals surface area contributed by atoms with Crippen molar-refractivity contribution >= 4 is 0 Å². The summed E-state index contributed by atoms with van der Waals surface area (Å²) >= 11 is 0. The number of nitrogens with one attached hydrogen (secondary N) is 1. The van der Waals surface area contributed by atoms with E-state index in [4.69, 9.17) is 5.84 Å². The summed E-state index contributed by atoms with van der Waals surface area (Å²) in [6.07, 6.45) is 2.39. The highest BCUT2D eigenvalue weighted by atomic mass is 35.5. The van der Waals surface area contributed by atoms with Gasteiger partial charge in [-0.1, -0.05) is 13.3 Å². The van der Waals surface area contributed by atoms with E-state index in [1.165, 1.54) is 12.8 Å². The molecule has 3 heteroatoms. The minimum atomic E-state index is 0. The SMILES string of the molecule is CCCCNN.[Cl-]. The highest BCUT2D eigenvalue weighted by Crippen LogP contribution is 1.78. The van der Waals surface area contributed by atoms with Gasteiger partial charge in [0.25, 0.3) is 0 Å². The largest absolute Gasteiger partial charge is 1.00 e. The van der Waals surface area contributed by atoms with Crippen molar-refractivity contribution in [3.8, 4) is 0 Å². The summed E-state index contributed by atoms with van der Waals surface area (Å²) in [7, 11) is 0. The van der Waals surface area contributed by atoms with Crippen LogP contribution in [0.25, 0.3) is 0 Å². The van der Waals surface area contributed by atoms with Gasteiger partial charge in [0.15, 0.2) is 0 Å². The molecule has 0 rings (SSSR count). The minimum Gasteiger partial charge on any atom is -1.00 e. The first kappa shape index (κ1) is 10.2. The van der Waals surface area contributed by atoms with Gasteiger partial charge in [-0.3, -0.25) is 11.3 Å². The van der Waals surface area contributed by atoms with Gasteiger partial charge < -0.3 is 12.4 Å². The van der Waals surface area contributed by atoms with Crippen LogP contribution in [0.4, 0.5) is 0 Å². The zero-order valence-corrected chi connectivity index (χ0v) is 5.33. The van der Waals surface area contributed by atoms with Crippen molar-refractivity contribution in [2.75, 3.05) is 6.54 Å². The number of rotatable bonds is 3. The number of nitrogens with two attached hydrogens (primary N) is 1. The van der Waals surface area contributed by atoms with Crippen molar-refractivity contribution < 1.29 is 12.4 Å². The molecule has 0 fully saturated rings. The Morgan fingerprint density at radius 3 is 2.29 bits per heavy atom. The molecule has 0 saturated heterocycles. The lowest BCUT2D eigenvalue weighted by Crippen LogP contribution is -3.00. The van der Waals surface area contributed by atoms with E-state index < -0.39 is 0 Å². The Kier molecular flexibility index (Phi) is 13.9. The lowest BCUT2D eigenvalue weighted by atomic mass is 10.3. The molecule has 2 nitrogen and oxygen atoms in total. The van der Waals surface area contributed by atoms with Gasteiger partial charge in [0.2, 0.25) is 0 Å². The van der Waals surface area contributed by atoms with E-state index in [-0.39, 0.29) is 12.4 Å². The monoisotopic (exact) mass is 123 g/mol. The molecule has 0 unspecified atom stereocenters. The predicted molar refractivity (Wildman–Crippen MR) is 27.1 cm³/mol. The van der Waals surface area contributed by atoms with Gasteiger partial charge >= 0.3 is 0 Å². The number of halogens is 1. The molecular weight excluding hydrogens is 112 g/mol. The number of hydrogen-bond acceptors (Lipinski definition) is 2. The summed E-state index contributed by atoms with van der Waals surface area (Å²) in [5, 5.41) is 0. The fourth-order valence-electron chi connectivity index (χ4n) is 0.279. The summed E-state index contributed by atoms with van der Waals surface area (Å²) in [6.45, 7) is 3.08. The third-order valence-corrected chi connectivity index (χ3v) is 0.675. The van der Waals surface area contributed by atoms with E-state index in [2.05, 4.69) is 12.3 Å². The van der Waals surface area contributed by atoms with Crippen LogP contribution < -0.4 is 23.7 Å². The van der Waals surface area contributed by atoms with Crippen molar-refractivity contribution in [2.24, 2.45) is 5.84 Å². The predicted octanol–water partition coefficient (Wildman–Crippen LogP) is -2.75. The Balaban J connectivity index is 0. The Labute approximate surface area is 50.8 Å². The second-order valence-corrected chi connectivity index (χ2v) is 1.31. The fraction of sp³-hybridized carbons (Fsp3) is 1.00. The third kappa shape index (κ3) is 10.7. The first-order valence-electron chi connectivity index (χ1n) is 2.35. The quantitative estimate of drug-likeness (QED) is 0.243. The first-order chi connectivity index (χ1) is 2.91. The summed E-state index contributed by atoms with van der Waals surface area (Å²) in [6, 6.07) is 0. The van der Waals surface area contributed by atoms with Crippen LogP contribution in [0.15, 0.2) is 0 Å². The van der Waals surface area contributed by atoms with Crippen molar-refractivity contribution in [1.29, 1.82) is 0 Å². The minimum absolute atomic E-state index is 0. The zero-order valence-electron chi connectivity index (χ0n) is 4.58. The van der Waals surface area contributed by atoms with Gasteiger partial charge in [-0.2, -0.15) is 0 Å². The smallest absolute Gasteiger partial charge is 0.00973 e. The summed E-state index contributed by atoms with van der Waals surface area (Å²) in [4.78, 5) is 0. The van der Waals surface area contributed by atoms with E-state index in [9.17, 15) is 0 Å². The lowest BCUT2D eigenvalue weighted by Gasteiger charge is -1.89. The molecule has 0 aromatic carbocycles. The van der Waals surface area contributed by atoms with Crippen molar-refractivity contribution in [2.45, 2.75) is 19.8 Å². The van der Waals surface area contributed by atoms with E-state index >= 15 is 0 Å². The third-order valence-electron chi connectivity index (χ3n) is 0.675. The van der Waals surface area contributed by atoms with Gasteiger partial charge in [-0.25, -0.2) is 0 Å². The standard InChI is InChI=1S/C4H12N2.ClH/c1-2-3-4-6-5;/h6H,2-5H2,1H3;1H/p-1. The van der Waals surface area contributed by atoms with E-state index in [0.29, 0.717) is 0 Å². The number of unbranched alkanes of at least 4 members (excludes halogenated alkanes) is 1. The molecule has 0 saturated carbocycles. The van der Waals surface area contributed by atoms with E-state index in [1.54, 1.807) is 0 Å². The van der Waals surface area contributed by atoms with Gasteiger partial charge in [-0.05, 0) is 6.42 Å². The second kappa shape index (κ2) is 9.51. The van der Waals surface area contributed by atoms with Crippen molar-refractivity contribution in [3.63, 3.8) is 0 Å². The molecule has 7 heavy (non-hydrogen) atoms. The van der Waals surface area contributed by atoms with Crippen LogP contribution in [0.5, 0.6) is 0 Å². The van der Waals surface area contributed by atoms with Crippen LogP contribution in [0.1, 0.15) is 19.8 Å². The number of hydrazine groups is 1. The zero-order chi connectivity index (χ0) is 4.83. The molecule has 46 valence electrons. The highest BCUT2D eigenvalue weighted by molar-refractivity contribution is 4.33. The van der Waals surface area contributed by atoms with Crippen LogP contribution in [0, 0.1) is 0 Å². The van der Waals surface area contributed by atoms with Gasteiger partial charge in [0, 0.05) is 6.54 Å². The Hall–Kier alpha value is 0.210. The van der Waals surface area contributed by atoms with Crippen LogP contribution in [-0.4, -0.2) is 6.54 Å². The van der Waals surface area contributed by atoms with Crippen LogP contribution >= 0.6 is 0 Å². The molecule has 0 aliphatic carbocycles. The highest BCUT2D eigenvalue weighted by Gasteiger charge is 1.73. The number of hydrogen-bond donors (Lipinski definition) is 2. The normalized spacial score (nSPS) is 7.71. The van der Waals surface area contributed by atoms with E-state index in [1.807, 2.05) is 0 Å². The van der Waals surface area contributed by atoms with Crippen LogP contribution in [-0.2, 0) is 0 Å². The molecule has 0 radical (unpaired) electrons. The molecular formula is C4H12ClN2-. The van der Waals surface area contributed by atoms with Crippen LogP contribution in [0.3, 0.4) is 0 Å². The Morgan fingerprint density at radius 2 is 2.14 bits per heavy atom. The van der Waals surface area contributed by atoms with Gasteiger partial charge in [0.05, 0.1) is 0 Å². The van der Waals surface area contributed by atoms with Crippen molar-refractivity contribution in [3.05, 3.63) is 0 Å². The van der Waals surface area contributed by atoms with Crippen molar-refractivity contribution in [1.82, 2.24) is 5.43 Å². The fourth-order valence-corrected chi connectivity index (χ4v) is 0.279. The molecule has 0 atom stereocenters. The summed E-state index contributed by atoms with van der Waals surface area (Å²) < 4.78 is 0. The molecule has 0 aliphatic rings. The molecule has 3 N–H and O–H groups in total. The Bertz CT molecular complexity index is 21.7. The van der Waals surface area contributed by atoms with Crippen LogP contribution in [0.2, 0.25) is 0 Å². The molecule has 0 aromatic heterocycles. The molecule has 0 amide bonds. The second-order valence-electron chi connectivity index (χ2n) is 1.31. The average molecular weight is 124 g/mol. The first-order valence-corrected chi connectivity index (χ1v) is 2.35. The lowest BCUT2D eigenvalue weighted by molar-refractivity contribution is -0.00000151. The summed E-state index contributed by atoms with van der Waals surface area (Å²) in [5.74, 6) is 4.96. The topological polar surface area (TPSA) is 38.0 Å². The summed E-state index contributed by atoms with van der Waals surface area (Å²) in [5.41, 5.74) is 2.57. The van der Waals surface area contributed by atoms with Gasteiger partial charge in [-0.15, -0.1) is 0 Å². The van der Waals surface area contributed by atoms with E-state index in [0.717, 1.165) is 6.54 Å². The van der Waals surface area contributed by atoms with Gasteiger partial charge in [0.1, 0.15) is 0 Å². The maximum atomic E-state index is 4.96. The molecule has 0 aromatic rings. The molecule has 0 aliphatic heterocycles. The molecule has 0 spiro atoms.